The number of aliphatic carboxylic acids is 1. The number of hydrogen-bond acceptors (Lipinski definition) is 7. The van der Waals surface area contributed by atoms with Crippen LogP contribution in [0, 0.1) is 16.0 Å². The van der Waals surface area contributed by atoms with E-state index in [1.54, 1.807) is 0 Å². The first kappa shape index (κ1) is 15.7. The van der Waals surface area contributed by atoms with Gasteiger partial charge in [0, 0.05) is 6.07 Å². The van der Waals surface area contributed by atoms with E-state index in [1.165, 1.54) is 25.3 Å². The fourth-order valence-electron chi connectivity index (χ4n) is 2.20. The Hall–Kier alpha value is -2.68. The Balaban J connectivity index is 2.32. The predicted molar refractivity (Wildman–Crippen MR) is 73.8 cm³/mol. The maximum absolute atomic E-state index is 11.5. The van der Waals surface area contributed by atoms with E-state index >= 15 is 0 Å². The van der Waals surface area contributed by atoms with Crippen LogP contribution in [0.2, 0.25) is 0 Å². The van der Waals surface area contributed by atoms with E-state index in [1.807, 2.05) is 0 Å². The summed E-state index contributed by atoms with van der Waals surface area (Å²) in [5.74, 6) is -2.52. The number of nitro groups is 1. The summed E-state index contributed by atoms with van der Waals surface area (Å²) in [7, 11) is 1.20. The Morgan fingerprint density at radius 2 is 2.18 bits per heavy atom. The van der Waals surface area contributed by atoms with Gasteiger partial charge in [0.25, 0.3) is 5.69 Å². The highest BCUT2D eigenvalue weighted by Gasteiger charge is 2.35. The summed E-state index contributed by atoms with van der Waals surface area (Å²) in [6, 6.07) is 3.08. The number of carbonyl (C=O) groups excluding carboxylic acids is 1. The fraction of sp³-hybridized carbons (Fsp3) is 0.385. The molecule has 0 bridgehead atoms. The number of nitrogens with one attached hydrogen (secondary N) is 1. The van der Waals surface area contributed by atoms with Crippen molar-refractivity contribution in [2.24, 2.45) is 5.92 Å². The van der Waals surface area contributed by atoms with Crippen molar-refractivity contribution in [1.29, 1.82) is 0 Å². The van der Waals surface area contributed by atoms with Crippen LogP contribution in [0.4, 0.5) is 11.4 Å². The monoisotopic (exact) mass is 310 g/mol. The maximum Gasteiger partial charge on any atom is 0.337 e. The van der Waals surface area contributed by atoms with E-state index in [0.29, 0.717) is 0 Å². The second kappa shape index (κ2) is 6.39. The Kier molecular flexibility index (Phi) is 4.56. The Labute approximate surface area is 125 Å². The standard InChI is InChI=1S/C13H14N2O7/c1-21-13(18)7-2-3-11(15(19)20)9(4-7)14-10-6-22-5-8(10)12(16)17/h2-4,8,10,14H,5-6H2,1H3,(H,16,17). The van der Waals surface area contributed by atoms with Crippen molar-refractivity contribution in [1.82, 2.24) is 0 Å². The third kappa shape index (κ3) is 3.14. The second-order valence-corrected chi connectivity index (χ2v) is 4.71. The quantitative estimate of drug-likeness (QED) is 0.466. The summed E-state index contributed by atoms with van der Waals surface area (Å²) in [6.45, 7) is 0.133. The van der Waals surface area contributed by atoms with Crippen LogP contribution in [0.1, 0.15) is 10.4 Å². The number of nitrogens with zero attached hydrogens (tertiary/aromatic N) is 1. The number of carboxylic acid groups (broad SMARTS) is 1. The second-order valence-electron chi connectivity index (χ2n) is 4.71. The minimum Gasteiger partial charge on any atom is -0.481 e. The van der Waals surface area contributed by atoms with Crippen molar-refractivity contribution < 1.29 is 29.1 Å². The zero-order chi connectivity index (χ0) is 16.3. The van der Waals surface area contributed by atoms with Crippen LogP contribution in [-0.4, -0.2) is 48.3 Å². The van der Waals surface area contributed by atoms with Gasteiger partial charge in [-0.2, -0.15) is 0 Å². The maximum atomic E-state index is 11.5. The summed E-state index contributed by atoms with van der Waals surface area (Å²) >= 11 is 0. The van der Waals surface area contributed by atoms with Gasteiger partial charge in [-0.05, 0) is 12.1 Å². The molecule has 0 radical (unpaired) electrons. The van der Waals surface area contributed by atoms with Crippen LogP contribution in [0.3, 0.4) is 0 Å². The number of esters is 1. The number of methoxy groups -OCH3 is 1. The smallest absolute Gasteiger partial charge is 0.337 e. The van der Waals surface area contributed by atoms with E-state index in [-0.39, 0.29) is 30.2 Å². The van der Waals surface area contributed by atoms with Crippen LogP contribution >= 0.6 is 0 Å². The van der Waals surface area contributed by atoms with Crippen LogP contribution in [0.5, 0.6) is 0 Å². The molecule has 2 N–H and O–H groups in total. The molecule has 2 atom stereocenters. The lowest BCUT2D eigenvalue weighted by Crippen LogP contribution is -2.33. The number of carboxylic acids is 1. The number of carbonyl (C=O) groups is 2. The van der Waals surface area contributed by atoms with Crippen LogP contribution in [0.15, 0.2) is 18.2 Å². The molecule has 0 amide bonds. The molecule has 1 aromatic carbocycles. The molecule has 0 spiro atoms. The molecule has 9 nitrogen and oxygen atoms in total. The van der Waals surface area contributed by atoms with Crippen molar-refractivity contribution >= 4 is 23.3 Å². The summed E-state index contributed by atoms with van der Waals surface area (Å²) in [5, 5.41) is 22.9. The van der Waals surface area contributed by atoms with Crippen molar-refractivity contribution in [2.45, 2.75) is 6.04 Å². The Bertz CT molecular complexity index is 616. The highest BCUT2D eigenvalue weighted by Crippen LogP contribution is 2.29. The van der Waals surface area contributed by atoms with E-state index in [9.17, 15) is 19.7 Å². The van der Waals surface area contributed by atoms with Gasteiger partial charge in [0.2, 0.25) is 0 Å². The van der Waals surface area contributed by atoms with Crippen molar-refractivity contribution in [3.8, 4) is 0 Å². The largest absolute Gasteiger partial charge is 0.481 e. The van der Waals surface area contributed by atoms with Gasteiger partial charge in [-0.1, -0.05) is 0 Å². The molecule has 0 aromatic heterocycles. The molecule has 2 unspecified atom stereocenters. The molecular formula is C13H14N2O7. The van der Waals surface area contributed by atoms with Gasteiger partial charge in [0.05, 0.1) is 36.9 Å². The molecule has 1 fully saturated rings. The number of anilines is 1. The molecular weight excluding hydrogens is 296 g/mol. The number of ether oxygens (including phenoxy) is 2. The molecule has 1 aliphatic rings. The lowest BCUT2D eigenvalue weighted by atomic mass is 10.0. The van der Waals surface area contributed by atoms with Gasteiger partial charge < -0.3 is 19.9 Å². The molecule has 1 heterocycles. The first-order valence-electron chi connectivity index (χ1n) is 6.38. The summed E-state index contributed by atoms with van der Waals surface area (Å²) < 4.78 is 9.66. The van der Waals surface area contributed by atoms with E-state index in [2.05, 4.69) is 10.1 Å². The molecule has 0 aliphatic carbocycles. The lowest BCUT2D eigenvalue weighted by Gasteiger charge is -2.17. The van der Waals surface area contributed by atoms with E-state index in [4.69, 9.17) is 9.84 Å². The number of rotatable bonds is 5. The Morgan fingerprint density at radius 1 is 1.45 bits per heavy atom. The molecule has 2 rings (SSSR count). The third-order valence-electron chi connectivity index (χ3n) is 3.35. The van der Waals surface area contributed by atoms with Gasteiger partial charge in [0.1, 0.15) is 11.6 Å². The molecule has 22 heavy (non-hydrogen) atoms. The van der Waals surface area contributed by atoms with E-state index < -0.39 is 28.8 Å². The SMILES string of the molecule is COC(=O)c1ccc([N+](=O)[O-])c(NC2COCC2C(=O)O)c1. The number of hydrogen-bond donors (Lipinski definition) is 2. The summed E-state index contributed by atoms with van der Waals surface area (Å²) in [5.41, 5.74) is -0.0836. The highest BCUT2D eigenvalue weighted by atomic mass is 16.6. The van der Waals surface area contributed by atoms with Gasteiger partial charge in [-0.15, -0.1) is 0 Å². The normalized spacial score (nSPS) is 20.4. The highest BCUT2D eigenvalue weighted by molar-refractivity contribution is 5.91. The van der Waals surface area contributed by atoms with Gasteiger partial charge in [-0.3, -0.25) is 14.9 Å². The lowest BCUT2D eigenvalue weighted by molar-refractivity contribution is -0.384. The average Bonchev–Trinajstić information content (AvgIpc) is 2.94. The van der Waals surface area contributed by atoms with Crippen LogP contribution in [-0.2, 0) is 14.3 Å². The molecule has 1 saturated heterocycles. The van der Waals surface area contributed by atoms with Gasteiger partial charge >= 0.3 is 11.9 Å². The van der Waals surface area contributed by atoms with Gasteiger partial charge in [0.15, 0.2) is 0 Å². The zero-order valence-electron chi connectivity index (χ0n) is 11.6. The van der Waals surface area contributed by atoms with Crippen molar-refractivity contribution in [3.63, 3.8) is 0 Å². The first-order valence-corrected chi connectivity index (χ1v) is 6.38. The Morgan fingerprint density at radius 3 is 2.77 bits per heavy atom. The zero-order valence-corrected chi connectivity index (χ0v) is 11.6. The summed E-state index contributed by atoms with van der Waals surface area (Å²) in [4.78, 5) is 33.1. The predicted octanol–water partition coefficient (Wildman–Crippen LogP) is 0.893. The average molecular weight is 310 g/mol. The van der Waals surface area contributed by atoms with Crippen molar-refractivity contribution in [3.05, 3.63) is 33.9 Å². The number of nitro benzene ring substituents is 1. The van der Waals surface area contributed by atoms with E-state index in [0.717, 1.165) is 0 Å². The number of benzene rings is 1. The molecule has 1 aliphatic heterocycles. The molecule has 118 valence electrons. The minimum atomic E-state index is -1.05. The summed E-state index contributed by atoms with van der Waals surface area (Å²) in [6.07, 6.45) is 0. The third-order valence-corrected chi connectivity index (χ3v) is 3.35. The topological polar surface area (TPSA) is 128 Å². The first-order chi connectivity index (χ1) is 10.4. The van der Waals surface area contributed by atoms with Crippen LogP contribution in [0.25, 0.3) is 0 Å². The van der Waals surface area contributed by atoms with Crippen molar-refractivity contribution in [2.75, 3.05) is 25.6 Å². The molecule has 0 saturated carbocycles. The van der Waals surface area contributed by atoms with Gasteiger partial charge in [-0.25, -0.2) is 4.79 Å². The molecule has 9 heteroatoms. The van der Waals surface area contributed by atoms with Crippen LogP contribution < -0.4 is 5.32 Å². The fourth-order valence-corrected chi connectivity index (χ4v) is 2.20. The molecule has 1 aromatic rings. The minimum absolute atomic E-state index is 0.0253.